The van der Waals surface area contributed by atoms with Gasteiger partial charge in [-0.25, -0.2) is 0 Å². The number of benzene rings is 1. The van der Waals surface area contributed by atoms with E-state index in [9.17, 15) is 9.90 Å². The standard InChI is InChI=1S/C15H21NO3/c1-10-5-3-4-6-13(10)16-15(18)12-9-11(19-2)7-8-14(12)17/h7-10,13,17H,3-6H2,1-2H3,(H,16,18). The Hall–Kier alpha value is -1.71. The number of carbonyl (C=O) groups is 1. The summed E-state index contributed by atoms with van der Waals surface area (Å²) in [6.07, 6.45) is 4.55. The van der Waals surface area contributed by atoms with Gasteiger partial charge in [0.1, 0.15) is 11.5 Å². The van der Waals surface area contributed by atoms with Crippen LogP contribution in [-0.2, 0) is 0 Å². The summed E-state index contributed by atoms with van der Waals surface area (Å²) in [6, 6.07) is 4.89. The number of methoxy groups -OCH3 is 1. The van der Waals surface area contributed by atoms with E-state index in [0.717, 1.165) is 19.3 Å². The zero-order chi connectivity index (χ0) is 13.8. The van der Waals surface area contributed by atoms with Gasteiger partial charge in [-0.1, -0.05) is 19.8 Å². The van der Waals surface area contributed by atoms with Crippen LogP contribution in [0.2, 0.25) is 0 Å². The number of amides is 1. The zero-order valence-corrected chi connectivity index (χ0v) is 11.5. The Bertz CT molecular complexity index is 459. The number of rotatable bonds is 3. The highest BCUT2D eigenvalue weighted by Crippen LogP contribution is 2.26. The van der Waals surface area contributed by atoms with Crippen molar-refractivity contribution >= 4 is 5.91 Å². The Morgan fingerprint density at radius 3 is 2.79 bits per heavy atom. The lowest BCUT2D eigenvalue weighted by Gasteiger charge is -2.29. The van der Waals surface area contributed by atoms with Crippen LogP contribution >= 0.6 is 0 Å². The van der Waals surface area contributed by atoms with Gasteiger partial charge in [0.05, 0.1) is 12.7 Å². The topological polar surface area (TPSA) is 58.6 Å². The Balaban J connectivity index is 2.10. The molecule has 0 saturated heterocycles. The molecule has 2 rings (SSSR count). The molecule has 1 aromatic carbocycles. The number of ether oxygens (including phenoxy) is 1. The van der Waals surface area contributed by atoms with Crippen LogP contribution in [0.3, 0.4) is 0 Å². The maximum absolute atomic E-state index is 12.2. The maximum atomic E-state index is 12.2. The number of phenolic OH excluding ortho intramolecular Hbond substituents is 1. The first-order valence-electron chi connectivity index (χ1n) is 6.79. The fourth-order valence-corrected chi connectivity index (χ4v) is 2.60. The quantitative estimate of drug-likeness (QED) is 0.881. The Morgan fingerprint density at radius 1 is 1.37 bits per heavy atom. The van der Waals surface area contributed by atoms with Crippen LogP contribution in [0.1, 0.15) is 43.0 Å². The van der Waals surface area contributed by atoms with Gasteiger partial charge in [-0.2, -0.15) is 0 Å². The van der Waals surface area contributed by atoms with Gasteiger partial charge in [0.25, 0.3) is 5.91 Å². The molecule has 1 aliphatic carbocycles. The molecule has 1 aliphatic rings. The molecule has 0 radical (unpaired) electrons. The van der Waals surface area contributed by atoms with E-state index in [4.69, 9.17) is 4.74 Å². The summed E-state index contributed by atoms with van der Waals surface area (Å²) in [6.45, 7) is 2.16. The molecule has 4 nitrogen and oxygen atoms in total. The molecule has 1 saturated carbocycles. The van der Waals surface area contributed by atoms with Crippen molar-refractivity contribution in [2.75, 3.05) is 7.11 Å². The fraction of sp³-hybridized carbons (Fsp3) is 0.533. The van der Waals surface area contributed by atoms with Crippen molar-refractivity contribution in [3.05, 3.63) is 23.8 Å². The molecule has 2 atom stereocenters. The highest BCUT2D eigenvalue weighted by Gasteiger charge is 2.24. The third kappa shape index (κ3) is 3.19. The number of carbonyl (C=O) groups excluding carboxylic acids is 1. The van der Waals surface area contributed by atoms with Gasteiger partial charge < -0.3 is 15.2 Å². The molecule has 1 aromatic rings. The lowest BCUT2D eigenvalue weighted by Crippen LogP contribution is -2.41. The highest BCUT2D eigenvalue weighted by molar-refractivity contribution is 5.97. The smallest absolute Gasteiger partial charge is 0.255 e. The van der Waals surface area contributed by atoms with Crippen molar-refractivity contribution in [1.82, 2.24) is 5.32 Å². The molecule has 0 heterocycles. The van der Waals surface area contributed by atoms with Crippen LogP contribution in [-0.4, -0.2) is 24.2 Å². The second-order valence-corrected chi connectivity index (χ2v) is 5.22. The third-order valence-corrected chi connectivity index (χ3v) is 3.88. The molecule has 1 fully saturated rings. The lowest BCUT2D eigenvalue weighted by molar-refractivity contribution is 0.0907. The Kier molecular flexibility index (Phi) is 4.30. The summed E-state index contributed by atoms with van der Waals surface area (Å²) in [5.41, 5.74) is 0.275. The molecule has 104 valence electrons. The molecule has 4 heteroatoms. The van der Waals surface area contributed by atoms with E-state index in [0.29, 0.717) is 11.7 Å². The SMILES string of the molecule is COc1ccc(O)c(C(=O)NC2CCCCC2C)c1. The van der Waals surface area contributed by atoms with E-state index >= 15 is 0 Å². The number of aromatic hydroxyl groups is 1. The van der Waals surface area contributed by atoms with Crippen molar-refractivity contribution in [2.45, 2.75) is 38.6 Å². The molecule has 19 heavy (non-hydrogen) atoms. The largest absolute Gasteiger partial charge is 0.507 e. The predicted octanol–water partition coefficient (Wildman–Crippen LogP) is 2.71. The fourth-order valence-electron chi connectivity index (χ4n) is 2.60. The van der Waals surface area contributed by atoms with Crippen LogP contribution < -0.4 is 10.1 Å². The number of phenols is 1. The van der Waals surface area contributed by atoms with E-state index < -0.39 is 0 Å². The average Bonchev–Trinajstić information content (AvgIpc) is 2.42. The van der Waals surface area contributed by atoms with E-state index in [1.54, 1.807) is 12.1 Å². The van der Waals surface area contributed by atoms with Crippen LogP contribution in [0.5, 0.6) is 11.5 Å². The lowest BCUT2D eigenvalue weighted by atomic mass is 9.86. The van der Waals surface area contributed by atoms with E-state index in [-0.39, 0.29) is 23.3 Å². The van der Waals surface area contributed by atoms with E-state index in [2.05, 4.69) is 12.2 Å². The van der Waals surface area contributed by atoms with Crippen molar-refractivity contribution in [3.63, 3.8) is 0 Å². The van der Waals surface area contributed by atoms with Gasteiger partial charge >= 0.3 is 0 Å². The first-order valence-corrected chi connectivity index (χ1v) is 6.79. The van der Waals surface area contributed by atoms with Crippen LogP contribution in [0.25, 0.3) is 0 Å². The van der Waals surface area contributed by atoms with Crippen LogP contribution in [0.4, 0.5) is 0 Å². The molecular formula is C15H21NO3. The summed E-state index contributed by atoms with van der Waals surface area (Å²) >= 11 is 0. The Labute approximate surface area is 113 Å². The second kappa shape index (κ2) is 5.95. The molecule has 0 aliphatic heterocycles. The highest BCUT2D eigenvalue weighted by atomic mass is 16.5. The van der Waals surface area contributed by atoms with Crippen LogP contribution in [0, 0.1) is 5.92 Å². The van der Waals surface area contributed by atoms with Crippen molar-refractivity contribution < 1.29 is 14.6 Å². The second-order valence-electron chi connectivity index (χ2n) is 5.22. The molecule has 0 aromatic heterocycles. The summed E-state index contributed by atoms with van der Waals surface area (Å²) in [7, 11) is 1.54. The van der Waals surface area contributed by atoms with Gasteiger partial charge in [-0.3, -0.25) is 4.79 Å². The van der Waals surface area contributed by atoms with Gasteiger partial charge in [0.15, 0.2) is 0 Å². The summed E-state index contributed by atoms with van der Waals surface area (Å²) in [5.74, 6) is 0.821. The minimum absolute atomic E-state index is 0.0123. The number of nitrogens with one attached hydrogen (secondary N) is 1. The van der Waals surface area contributed by atoms with Gasteiger partial charge in [0.2, 0.25) is 0 Å². The summed E-state index contributed by atoms with van der Waals surface area (Å²) in [5, 5.41) is 12.8. The Morgan fingerprint density at radius 2 is 2.11 bits per heavy atom. The first-order chi connectivity index (χ1) is 9.11. The monoisotopic (exact) mass is 263 g/mol. The zero-order valence-electron chi connectivity index (χ0n) is 11.5. The van der Waals surface area contributed by atoms with Gasteiger partial charge in [-0.15, -0.1) is 0 Å². The summed E-state index contributed by atoms with van der Waals surface area (Å²) < 4.78 is 5.08. The van der Waals surface area contributed by atoms with Crippen molar-refractivity contribution in [3.8, 4) is 11.5 Å². The molecule has 0 bridgehead atoms. The van der Waals surface area contributed by atoms with E-state index in [1.165, 1.54) is 19.6 Å². The average molecular weight is 263 g/mol. The first kappa shape index (κ1) is 13.7. The predicted molar refractivity (Wildman–Crippen MR) is 73.5 cm³/mol. The molecular weight excluding hydrogens is 242 g/mol. The minimum Gasteiger partial charge on any atom is -0.507 e. The number of hydrogen-bond donors (Lipinski definition) is 2. The molecule has 2 unspecified atom stereocenters. The van der Waals surface area contributed by atoms with Crippen molar-refractivity contribution in [1.29, 1.82) is 0 Å². The van der Waals surface area contributed by atoms with Crippen molar-refractivity contribution in [2.24, 2.45) is 5.92 Å². The van der Waals surface area contributed by atoms with Crippen LogP contribution in [0.15, 0.2) is 18.2 Å². The molecule has 0 spiro atoms. The minimum atomic E-state index is -0.227. The third-order valence-electron chi connectivity index (χ3n) is 3.88. The van der Waals surface area contributed by atoms with Gasteiger partial charge in [0, 0.05) is 6.04 Å². The molecule has 1 amide bonds. The number of hydrogen-bond acceptors (Lipinski definition) is 3. The maximum Gasteiger partial charge on any atom is 0.255 e. The van der Waals surface area contributed by atoms with E-state index in [1.807, 2.05) is 0 Å². The molecule has 2 N–H and O–H groups in total. The summed E-state index contributed by atoms with van der Waals surface area (Å²) in [4.78, 5) is 12.2. The van der Waals surface area contributed by atoms with Gasteiger partial charge in [-0.05, 0) is 37.0 Å². The normalized spacial score (nSPS) is 22.8.